The van der Waals surface area contributed by atoms with Gasteiger partial charge in [-0.05, 0) is 35.9 Å². The van der Waals surface area contributed by atoms with Gasteiger partial charge in [-0.1, -0.05) is 12.1 Å². The highest BCUT2D eigenvalue weighted by Gasteiger charge is 2.08. The van der Waals surface area contributed by atoms with Gasteiger partial charge in [-0.3, -0.25) is 9.78 Å². The van der Waals surface area contributed by atoms with Crippen molar-refractivity contribution in [1.29, 1.82) is 0 Å². The summed E-state index contributed by atoms with van der Waals surface area (Å²) >= 11 is 0. The normalized spacial score (nSPS) is 11.0. The third-order valence-electron chi connectivity index (χ3n) is 3.22. The second-order valence-electron chi connectivity index (χ2n) is 4.97. The number of benzene rings is 2. The van der Waals surface area contributed by atoms with Gasteiger partial charge in [-0.15, -0.1) is 0 Å². The van der Waals surface area contributed by atoms with Crippen LogP contribution in [0.1, 0.15) is 5.56 Å². The molecule has 0 unspecified atom stereocenters. The number of halogens is 2. The van der Waals surface area contributed by atoms with Gasteiger partial charge in [0, 0.05) is 5.69 Å². The second-order valence-corrected chi connectivity index (χ2v) is 4.97. The number of hydrogen-bond acceptors (Lipinski definition) is 4. The fourth-order valence-electron chi connectivity index (χ4n) is 2.21. The second kappa shape index (κ2) is 6.53. The zero-order valence-electron chi connectivity index (χ0n) is 12.2. The van der Waals surface area contributed by atoms with Gasteiger partial charge < -0.3 is 14.5 Å². The van der Waals surface area contributed by atoms with E-state index in [9.17, 15) is 18.4 Å². The Kier molecular flexibility index (Phi) is 4.28. The Morgan fingerprint density at radius 2 is 1.96 bits per heavy atom. The summed E-state index contributed by atoms with van der Waals surface area (Å²) in [5, 5.41) is 2.68. The molecule has 1 amide bonds. The predicted molar refractivity (Wildman–Crippen MR) is 82.2 cm³/mol. The lowest BCUT2D eigenvalue weighted by molar-refractivity contribution is -0.115. The number of oxazole rings is 1. The number of H-pyrrole nitrogens is 1. The molecular formula is C16H12F2N2O4. The molecule has 124 valence electrons. The first-order valence-electron chi connectivity index (χ1n) is 6.96. The Balaban J connectivity index is 1.64. The van der Waals surface area contributed by atoms with Gasteiger partial charge in [0.05, 0.1) is 11.9 Å². The molecule has 2 aromatic carbocycles. The molecule has 0 radical (unpaired) electrons. The number of hydrogen-bond donors (Lipinski definition) is 2. The molecule has 0 aliphatic heterocycles. The van der Waals surface area contributed by atoms with Crippen LogP contribution in [0, 0.1) is 0 Å². The molecule has 0 atom stereocenters. The molecule has 3 aromatic rings. The number of aromatic amines is 1. The lowest BCUT2D eigenvalue weighted by atomic mass is 10.1. The van der Waals surface area contributed by atoms with Crippen LogP contribution in [0.25, 0.3) is 11.1 Å². The van der Waals surface area contributed by atoms with E-state index in [1.54, 1.807) is 18.2 Å². The summed E-state index contributed by atoms with van der Waals surface area (Å²) in [6, 6.07) is 10.6. The van der Waals surface area contributed by atoms with Crippen LogP contribution in [-0.2, 0) is 11.2 Å². The zero-order chi connectivity index (χ0) is 17.1. The molecule has 0 bridgehead atoms. The summed E-state index contributed by atoms with van der Waals surface area (Å²) in [6.07, 6.45) is 0.0644. The number of carbonyl (C=O) groups excluding carboxylic acids is 1. The van der Waals surface area contributed by atoms with E-state index in [1.165, 1.54) is 24.3 Å². The van der Waals surface area contributed by atoms with E-state index in [1.807, 2.05) is 0 Å². The van der Waals surface area contributed by atoms with E-state index in [0.29, 0.717) is 22.4 Å². The van der Waals surface area contributed by atoms with Crippen LogP contribution in [-0.4, -0.2) is 17.5 Å². The Morgan fingerprint density at radius 1 is 1.21 bits per heavy atom. The van der Waals surface area contributed by atoms with E-state index in [4.69, 9.17) is 4.42 Å². The number of ether oxygens (including phenoxy) is 1. The van der Waals surface area contributed by atoms with Crippen LogP contribution < -0.4 is 15.8 Å². The topological polar surface area (TPSA) is 84.3 Å². The average Bonchev–Trinajstić information content (AvgIpc) is 2.88. The van der Waals surface area contributed by atoms with Crippen molar-refractivity contribution >= 4 is 22.7 Å². The molecule has 3 rings (SSSR count). The lowest BCUT2D eigenvalue weighted by Gasteiger charge is -2.07. The largest absolute Gasteiger partial charge is 0.435 e. The number of fused-ring (bicyclic) bond motifs is 1. The molecule has 0 aliphatic rings. The van der Waals surface area contributed by atoms with E-state index in [2.05, 4.69) is 15.0 Å². The summed E-state index contributed by atoms with van der Waals surface area (Å²) in [5.74, 6) is -0.828. The van der Waals surface area contributed by atoms with E-state index >= 15 is 0 Å². The summed E-state index contributed by atoms with van der Waals surface area (Å²) in [6.45, 7) is -2.89. The molecule has 2 N–H and O–H groups in total. The van der Waals surface area contributed by atoms with Crippen molar-refractivity contribution in [2.45, 2.75) is 13.0 Å². The van der Waals surface area contributed by atoms with Crippen LogP contribution in [0.5, 0.6) is 5.75 Å². The van der Waals surface area contributed by atoms with Crippen molar-refractivity contribution in [3.8, 4) is 5.75 Å². The van der Waals surface area contributed by atoms with Gasteiger partial charge >= 0.3 is 12.4 Å². The summed E-state index contributed by atoms with van der Waals surface area (Å²) in [5.41, 5.74) is 2.02. The van der Waals surface area contributed by atoms with Crippen molar-refractivity contribution in [2.75, 3.05) is 5.32 Å². The maximum Gasteiger partial charge on any atom is 0.417 e. The first kappa shape index (κ1) is 15.7. The van der Waals surface area contributed by atoms with Crippen molar-refractivity contribution in [3.05, 3.63) is 58.6 Å². The number of aromatic nitrogens is 1. The van der Waals surface area contributed by atoms with Gasteiger partial charge in [0.25, 0.3) is 0 Å². The summed E-state index contributed by atoms with van der Waals surface area (Å²) in [7, 11) is 0. The molecule has 0 fully saturated rings. The Labute approximate surface area is 134 Å². The van der Waals surface area contributed by atoms with Crippen molar-refractivity contribution < 1.29 is 22.7 Å². The molecule has 1 aromatic heterocycles. The van der Waals surface area contributed by atoms with Gasteiger partial charge in [0.2, 0.25) is 5.91 Å². The Hall–Kier alpha value is -3.16. The quantitative estimate of drug-likeness (QED) is 0.751. The molecule has 1 heterocycles. The van der Waals surface area contributed by atoms with Crippen LogP contribution in [0.3, 0.4) is 0 Å². The van der Waals surface area contributed by atoms with Gasteiger partial charge in [0.1, 0.15) is 5.75 Å². The first-order chi connectivity index (χ1) is 11.5. The van der Waals surface area contributed by atoms with Crippen molar-refractivity contribution in [2.24, 2.45) is 0 Å². The molecule has 8 heteroatoms. The predicted octanol–water partition coefficient (Wildman–Crippen LogP) is 2.90. The van der Waals surface area contributed by atoms with Crippen LogP contribution in [0.4, 0.5) is 14.5 Å². The summed E-state index contributed by atoms with van der Waals surface area (Å²) < 4.78 is 33.3. The molecule has 0 aliphatic carbocycles. The molecule has 24 heavy (non-hydrogen) atoms. The highest BCUT2D eigenvalue weighted by atomic mass is 19.3. The number of carbonyl (C=O) groups is 1. The zero-order valence-corrected chi connectivity index (χ0v) is 12.2. The third-order valence-corrected chi connectivity index (χ3v) is 3.22. The SMILES string of the molecule is O=C(Cc1ccc(OC(F)F)cc1)Nc1ccc2oc(=O)[nH]c2c1. The smallest absolute Gasteiger partial charge is 0.417 e. The fourth-order valence-corrected chi connectivity index (χ4v) is 2.21. The molecule has 0 saturated carbocycles. The van der Waals surface area contributed by atoms with Crippen molar-refractivity contribution in [1.82, 2.24) is 4.98 Å². The molecule has 6 nitrogen and oxygen atoms in total. The fraction of sp³-hybridized carbons (Fsp3) is 0.125. The van der Waals surface area contributed by atoms with E-state index in [-0.39, 0.29) is 18.1 Å². The molecule has 0 saturated heterocycles. The minimum absolute atomic E-state index is 0.0310. The number of anilines is 1. The Morgan fingerprint density at radius 3 is 2.67 bits per heavy atom. The standard InChI is InChI=1S/C16H12F2N2O4/c17-15(18)23-11-4-1-9(2-5-11)7-14(21)19-10-3-6-13-12(8-10)20-16(22)24-13/h1-6,8,15H,7H2,(H,19,21)(H,20,22). The third kappa shape index (κ3) is 3.78. The van der Waals surface area contributed by atoms with Crippen LogP contribution >= 0.6 is 0 Å². The minimum Gasteiger partial charge on any atom is -0.435 e. The number of alkyl halides is 2. The van der Waals surface area contributed by atoms with Crippen molar-refractivity contribution in [3.63, 3.8) is 0 Å². The first-order valence-corrected chi connectivity index (χ1v) is 6.96. The monoisotopic (exact) mass is 334 g/mol. The lowest BCUT2D eigenvalue weighted by Crippen LogP contribution is -2.14. The number of nitrogens with one attached hydrogen (secondary N) is 2. The van der Waals surface area contributed by atoms with Gasteiger partial charge in [0.15, 0.2) is 5.58 Å². The number of amides is 1. The van der Waals surface area contributed by atoms with Crippen LogP contribution in [0.15, 0.2) is 51.7 Å². The van der Waals surface area contributed by atoms with Gasteiger partial charge in [-0.25, -0.2) is 4.79 Å². The average molecular weight is 334 g/mol. The van der Waals surface area contributed by atoms with Crippen LogP contribution in [0.2, 0.25) is 0 Å². The van der Waals surface area contributed by atoms with E-state index in [0.717, 1.165) is 0 Å². The maximum absolute atomic E-state index is 12.1. The van der Waals surface area contributed by atoms with Gasteiger partial charge in [-0.2, -0.15) is 8.78 Å². The molecule has 0 spiro atoms. The Bertz CT molecular complexity index is 916. The minimum atomic E-state index is -2.89. The molecular weight excluding hydrogens is 322 g/mol. The highest BCUT2D eigenvalue weighted by Crippen LogP contribution is 2.18. The number of rotatable bonds is 5. The maximum atomic E-state index is 12.1. The van der Waals surface area contributed by atoms with E-state index < -0.39 is 12.4 Å². The summed E-state index contributed by atoms with van der Waals surface area (Å²) in [4.78, 5) is 25.6. The highest BCUT2D eigenvalue weighted by molar-refractivity contribution is 5.94.